The van der Waals surface area contributed by atoms with Gasteiger partial charge >= 0.3 is 0 Å². The van der Waals surface area contributed by atoms with E-state index in [4.69, 9.17) is 0 Å². The van der Waals surface area contributed by atoms with Crippen molar-refractivity contribution in [2.75, 3.05) is 0 Å². The van der Waals surface area contributed by atoms with Gasteiger partial charge in [-0.25, -0.2) is 4.98 Å². The van der Waals surface area contributed by atoms with Crippen molar-refractivity contribution in [3.05, 3.63) is 47.1 Å². The first-order valence-electron chi connectivity index (χ1n) is 5.43. The number of carbonyl (C=O) groups is 1. The zero-order valence-corrected chi connectivity index (χ0v) is 11.3. The summed E-state index contributed by atoms with van der Waals surface area (Å²) in [5.41, 5.74) is 1.83. The summed E-state index contributed by atoms with van der Waals surface area (Å²) in [6.45, 7) is 2.05. The zero-order valence-electron chi connectivity index (χ0n) is 9.66. The minimum atomic E-state index is 0.623. The van der Waals surface area contributed by atoms with E-state index in [1.165, 1.54) is 28.7 Å². The molecule has 0 fully saturated rings. The smallest absolute Gasteiger partial charge is 0.195 e. The number of aromatic nitrogens is 2. The Hall–Kier alpha value is -1.59. The maximum absolute atomic E-state index is 11.2. The van der Waals surface area contributed by atoms with Crippen LogP contribution in [0.15, 0.2) is 45.8 Å². The number of hydrogen-bond donors (Lipinski definition) is 0. The highest BCUT2D eigenvalue weighted by atomic mass is 32.2. The first-order chi connectivity index (χ1) is 8.78. The molecule has 0 saturated heterocycles. The summed E-state index contributed by atoms with van der Waals surface area (Å²) < 4.78 is 1.83. The first kappa shape index (κ1) is 11.5. The van der Waals surface area contributed by atoms with E-state index >= 15 is 0 Å². The summed E-state index contributed by atoms with van der Waals surface area (Å²) in [6.07, 6.45) is 2.74. The monoisotopic (exact) mass is 274 g/mol. The average molecular weight is 274 g/mol. The van der Waals surface area contributed by atoms with Crippen molar-refractivity contribution < 1.29 is 4.79 Å². The maximum Gasteiger partial charge on any atom is 0.195 e. The molecule has 2 aromatic heterocycles. The van der Waals surface area contributed by atoms with Crippen LogP contribution in [0.25, 0.3) is 4.96 Å². The lowest BCUT2D eigenvalue weighted by Crippen LogP contribution is -1.88. The van der Waals surface area contributed by atoms with E-state index in [2.05, 4.69) is 24.0 Å². The summed E-state index contributed by atoms with van der Waals surface area (Å²) >= 11 is 3.06. The van der Waals surface area contributed by atoms with Crippen LogP contribution in [0.3, 0.4) is 0 Å². The van der Waals surface area contributed by atoms with E-state index in [-0.39, 0.29) is 0 Å². The van der Waals surface area contributed by atoms with Gasteiger partial charge in [0.25, 0.3) is 0 Å². The second-order valence-electron chi connectivity index (χ2n) is 3.89. The second kappa shape index (κ2) is 4.59. The number of nitrogens with zero attached hydrogens (tertiary/aromatic N) is 2. The molecule has 0 spiro atoms. The molecule has 1 aromatic carbocycles. The lowest BCUT2D eigenvalue weighted by molar-refractivity contribution is 0.111. The number of carbonyl (C=O) groups excluding carboxylic acids is 1. The van der Waals surface area contributed by atoms with E-state index in [1.807, 2.05) is 28.1 Å². The van der Waals surface area contributed by atoms with Crippen LogP contribution in [0.5, 0.6) is 0 Å². The van der Waals surface area contributed by atoms with Crippen LogP contribution in [0.2, 0.25) is 0 Å². The van der Waals surface area contributed by atoms with Gasteiger partial charge in [-0.1, -0.05) is 29.5 Å². The Morgan fingerprint density at radius 1 is 1.44 bits per heavy atom. The van der Waals surface area contributed by atoms with E-state index < -0.39 is 0 Å². The average Bonchev–Trinajstić information content (AvgIpc) is 2.89. The quantitative estimate of drug-likeness (QED) is 0.683. The van der Waals surface area contributed by atoms with Crippen molar-refractivity contribution >= 4 is 34.3 Å². The van der Waals surface area contributed by atoms with Gasteiger partial charge in [0, 0.05) is 16.5 Å². The van der Waals surface area contributed by atoms with Crippen molar-refractivity contribution in [1.29, 1.82) is 0 Å². The summed E-state index contributed by atoms with van der Waals surface area (Å²) in [5, 5.41) is 2.69. The van der Waals surface area contributed by atoms with E-state index in [9.17, 15) is 4.79 Å². The molecule has 3 aromatic rings. The standard InChI is InChI=1S/C13H10N2OS2/c1-9-3-2-4-10(7-9)18-12-11(8-16)15-5-6-17-13(15)14-12/h2-8H,1H3. The van der Waals surface area contributed by atoms with E-state index in [0.717, 1.165) is 21.2 Å². The van der Waals surface area contributed by atoms with Crippen molar-refractivity contribution in [3.63, 3.8) is 0 Å². The fourth-order valence-electron chi connectivity index (χ4n) is 1.76. The third-order valence-electron chi connectivity index (χ3n) is 2.58. The van der Waals surface area contributed by atoms with Crippen molar-refractivity contribution in [2.45, 2.75) is 16.8 Å². The number of hydrogen-bond acceptors (Lipinski definition) is 4. The van der Waals surface area contributed by atoms with Crippen LogP contribution in [0.1, 0.15) is 16.1 Å². The number of aryl methyl sites for hydroxylation is 1. The molecule has 90 valence electrons. The van der Waals surface area contributed by atoms with E-state index in [0.29, 0.717) is 5.69 Å². The molecule has 18 heavy (non-hydrogen) atoms. The Bertz CT molecular complexity index is 715. The van der Waals surface area contributed by atoms with Crippen LogP contribution in [-0.4, -0.2) is 15.7 Å². The number of benzene rings is 1. The fourth-order valence-corrected chi connectivity index (χ4v) is 3.53. The van der Waals surface area contributed by atoms with E-state index in [1.54, 1.807) is 0 Å². The van der Waals surface area contributed by atoms with Crippen LogP contribution in [0, 0.1) is 6.92 Å². The minimum Gasteiger partial charge on any atom is -0.296 e. The molecule has 3 rings (SSSR count). The SMILES string of the molecule is Cc1cccc(Sc2nc3sccn3c2C=O)c1. The third-order valence-corrected chi connectivity index (χ3v) is 4.32. The molecule has 0 N–H and O–H groups in total. The second-order valence-corrected chi connectivity index (χ2v) is 5.83. The summed E-state index contributed by atoms with van der Waals surface area (Å²) in [4.78, 5) is 17.6. The number of rotatable bonds is 3. The number of imidazole rings is 1. The van der Waals surface area contributed by atoms with Gasteiger partial charge in [0.2, 0.25) is 0 Å². The maximum atomic E-state index is 11.2. The fraction of sp³-hybridized carbons (Fsp3) is 0.0769. The highest BCUT2D eigenvalue weighted by molar-refractivity contribution is 7.99. The van der Waals surface area contributed by atoms with Crippen LogP contribution in [0.4, 0.5) is 0 Å². The highest BCUT2D eigenvalue weighted by Crippen LogP contribution is 2.31. The van der Waals surface area contributed by atoms with Crippen LogP contribution < -0.4 is 0 Å². The van der Waals surface area contributed by atoms with Crippen LogP contribution in [-0.2, 0) is 0 Å². The topological polar surface area (TPSA) is 34.4 Å². The number of aldehydes is 1. The molecular weight excluding hydrogens is 264 g/mol. The molecule has 3 nitrogen and oxygen atoms in total. The lowest BCUT2D eigenvalue weighted by atomic mass is 10.2. The molecule has 0 radical (unpaired) electrons. The molecule has 0 aliphatic heterocycles. The van der Waals surface area contributed by atoms with Gasteiger partial charge in [0.1, 0.15) is 10.7 Å². The molecular formula is C13H10N2OS2. The third kappa shape index (κ3) is 1.95. The molecule has 0 aliphatic carbocycles. The first-order valence-corrected chi connectivity index (χ1v) is 7.13. The van der Waals surface area contributed by atoms with Gasteiger partial charge in [-0.15, -0.1) is 11.3 Å². The molecule has 0 atom stereocenters. The molecule has 0 saturated carbocycles. The zero-order chi connectivity index (χ0) is 12.5. The number of thiazole rings is 1. The summed E-state index contributed by atoms with van der Waals surface area (Å²) in [5.74, 6) is 0. The normalized spacial score (nSPS) is 10.9. The summed E-state index contributed by atoms with van der Waals surface area (Å²) in [7, 11) is 0. The Kier molecular flexibility index (Phi) is 2.93. The molecule has 5 heteroatoms. The Morgan fingerprint density at radius 3 is 3.11 bits per heavy atom. The molecule has 0 aliphatic rings. The van der Waals surface area contributed by atoms with Gasteiger partial charge in [0.15, 0.2) is 11.2 Å². The Balaban J connectivity index is 2.04. The van der Waals surface area contributed by atoms with Crippen LogP contribution >= 0.6 is 23.1 Å². The van der Waals surface area contributed by atoms with Gasteiger partial charge in [0.05, 0.1) is 0 Å². The molecule has 2 heterocycles. The number of fused-ring (bicyclic) bond motifs is 1. The van der Waals surface area contributed by atoms with Gasteiger partial charge in [-0.3, -0.25) is 9.20 Å². The van der Waals surface area contributed by atoms with Crippen molar-refractivity contribution in [1.82, 2.24) is 9.38 Å². The Labute approximate surface area is 112 Å². The van der Waals surface area contributed by atoms with Gasteiger partial charge in [-0.05, 0) is 19.1 Å². The van der Waals surface area contributed by atoms with Crippen molar-refractivity contribution in [3.8, 4) is 0 Å². The minimum absolute atomic E-state index is 0.623. The Morgan fingerprint density at radius 2 is 2.33 bits per heavy atom. The predicted octanol–water partition coefficient (Wildman–Crippen LogP) is 3.67. The van der Waals surface area contributed by atoms with Crippen molar-refractivity contribution in [2.24, 2.45) is 0 Å². The summed E-state index contributed by atoms with van der Waals surface area (Å²) in [6, 6.07) is 8.18. The molecule has 0 bridgehead atoms. The molecule has 0 unspecified atom stereocenters. The largest absolute Gasteiger partial charge is 0.296 e. The van der Waals surface area contributed by atoms with Gasteiger partial charge in [-0.2, -0.15) is 0 Å². The molecule has 0 amide bonds. The lowest BCUT2D eigenvalue weighted by Gasteiger charge is -2.00. The predicted molar refractivity (Wildman–Crippen MR) is 73.8 cm³/mol. The van der Waals surface area contributed by atoms with Gasteiger partial charge < -0.3 is 0 Å². The highest BCUT2D eigenvalue weighted by Gasteiger charge is 2.13.